The van der Waals surface area contributed by atoms with Crippen LogP contribution in [0.25, 0.3) is 0 Å². The van der Waals surface area contributed by atoms with Gasteiger partial charge in [-0.15, -0.1) is 12.4 Å². The van der Waals surface area contributed by atoms with E-state index >= 15 is 0 Å². The number of aryl methyl sites for hydroxylation is 1. The van der Waals surface area contributed by atoms with Crippen LogP contribution >= 0.6 is 12.4 Å². The highest BCUT2D eigenvalue weighted by Gasteiger charge is 2.17. The minimum atomic E-state index is -0.624. The largest absolute Gasteiger partial charge is 0.489 e. The van der Waals surface area contributed by atoms with Crippen LogP contribution in [0.15, 0.2) is 48.5 Å². The predicted octanol–water partition coefficient (Wildman–Crippen LogP) is 3.03. The number of nitrogens with two attached hydrogens (primary N) is 1. The Balaban J connectivity index is 0.00000392. The molecule has 0 aromatic heterocycles. The van der Waals surface area contributed by atoms with Crippen molar-refractivity contribution in [2.24, 2.45) is 11.7 Å². The highest BCUT2D eigenvalue weighted by atomic mass is 35.5. The number of anilines is 1. The molecule has 6 nitrogen and oxygen atoms in total. The van der Waals surface area contributed by atoms with Gasteiger partial charge in [0.2, 0.25) is 11.8 Å². The van der Waals surface area contributed by atoms with Gasteiger partial charge in [0.15, 0.2) is 0 Å². The lowest BCUT2D eigenvalue weighted by atomic mass is 10.1. The van der Waals surface area contributed by atoms with Crippen molar-refractivity contribution in [2.75, 3.05) is 11.9 Å². The lowest BCUT2D eigenvalue weighted by molar-refractivity contribution is -0.125. The van der Waals surface area contributed by atoms with Gasteiger partial charge in [0, 0.05) is 5.69 Å². The van der Waals surface area contributed by atoms with Gasteiger partial charge in [-0.25, -0.2) is 0 Å². The molecule has 0 radical (unpaired) electrons. The molecular weight excluding hydrogens is 378 g/mol. The quantitative estimate of drug-likeness (QED) is 0.629. The Morgan fingerprint density at radius 2 is 1.79 bits per heavy atom. The van der Waals surface area contributed by atoms with Crippen molar-refractivity contribution >= 4 is 29.9 Å². The van der Waals surface area contributed by atoms with Crippen molar-refractivity contribution in [3.05, 3.63) is 59.7 Å². The molecule has 0 heterocycles. The van der Waals surface area contributed by atoms with Crippen LogP contribution in [0.1, 0.15) is 25.0 Å². The smallest absolute Gasteiger partial charge is 0.243 e. The Kier molecular flexibility index (Phi) is 9.48. The molecule has 2 aromatic carbocycles. The summed E-state index contributed by atoms with van der Waals surface area (Å²) >= 11 is 0. The number of hydrogen-bond donors (Lipinski definition) is 3. The highest BCUT2D eigenvalue weighted by Crippen LogP contribution is 2.22. The third-order valence-electron chi connectivity index (χ3n) is 4.16. The van der Waals surface area contributed by atoms with Crippen LogP contribution in [-0.2, 0) is 16.2 Å². The standard InChI is InChI=1S/C21H27N3O3.ClH/c1-14(2)20(22)21(26)23-12-19(25)24-18-10-9-17(11-15(18)3)27-13-16-7-5-4-6-8-16;/h4-11,14,20H,12-13,22H2,1-3H3,(H,23,26)(H,24,25);1H/t20-;/m0./s1. The van der Waals surface area contributed by atoms with Crippen molar-refractivity contribution in [2.45, 2.75) is 33.4 Å². The molecule has 0 unspecified atom stereocenters. The number of benzene rings is 2. The van der Waals surface area contributed by atoms with E-state index in [4.69, 9.17) is 10.5 Å². The minimum Gasteiger partial charge on any atom is -0.489 e. The van der Waals surface area contributed by atoms with Gasteiger partial charge in [-0.2, -0.15) is 0 Å². The summed E-state index contributed by atoms with van der Waals surface area (Å²) in [4.78, 5) is 23.9. The fourth-order valence-electron chi connectivity index (χ4n) is 2.39. The number of hydrogen-bond acceptors (Lipinski definition) is 4. The fraction of sp³-hybridized carbons (Fsp3) is 0.333. The van der Waals surface area contributed by atoms with Crippen LogP contribution in [-0.4, -0.2) is 24.4 Å². The van der Waals surface area contributed by atoms with Crippen molar-refractivity contribution in [1.29, 1.82) is 0 Å². The second-order valence-corrected chi connectivity index (χ2v) is 6.79. The molecule has 28 heavy (non-hydrogen) atoms. The van der Waals surface area contributed by atoms with Gasteiger partial charge in [0.25, 0.3) is 0 Å². The second-order valence-electron chi connectivity index (χ2n) is 6.79. The van der Waals surface area contributed by atoms with Crippen LogP contribution in [0.5, 0.6) is 5.75 Å². The molecule has 0 saturated heterocycles. The van der Waals surface area contributed by atoms with Crippen LogP contribution < -0.4 is 21.1 Å². The van der Waals surface area contributed by atoms with E-state index in [1.54, 1.807) is 12.1 Å². The first-order valence-electron chi connectivity index (χ1n) is 8.97. The molecule has 0 fully saturated rings. The fourth-order valence-corrected chi connectivity index (χ4v) is 2.39. The molecule has 1 atom stereocenters. The topological polar surface area (TPSA) is 93.5 Å². The molecule has 0 saturated carbocycles. The van der Waals surface area contributed by atoms with E-state index in [2.05, 4.69) is 10.6 Å². The molecule has 7 heteroatoms. The van der Waals surface area contributed by atoms with Crippen molar-refractivity contribution in [3.8, 4) is 5.75 Å². The summed E-state index contributed by atoms with van der Waals surface area (Å²) in [5.41, 5.74) is 8.39. The molecule has 0 bridgehead atoms. The molecule has 4 N–H and O–H groups in total. The second kappa shape index (κ2) is 11.3. The van der Waals surface area contributed by atoms with Gasteiger partial charge in [-0.05, 0) is 42.2 Å². The van der Waals surface area contributed by atoms with E-state index < -0.39 is 6.04 Å². The molecule has 152 valence electrons. The average Bonchev–Trinajstić information content (AvgIpc) is 2.66. The Morgan fingerprint density at radius 3 is 2.39 bits per heavy atom. The van der Waals surface area contributed by atoms with Gasteiger partial charge in [-0.1, -0.05) is 44.2 Å². The molecule has 0 aliphatic rings. The first-order valence-corrected chi connectivity index (χ1v) is 8.97. The SMILES string of the molecule is Cc1cc(OCc2ccccc2)ccc1NC(=O)CNC(=O)[C@@H](N)C(C)C.Cl. The molecule has 2 rings (SSSR count). The van der Waals surface area contributed by atoms with E-state index in [-0.39, 0.29) is 36.7 Å². The van der Waals surface area contributed by atoms with Crippen molar-refractivity contribution < 1.29 is 14.3 Å². The summed E-state index contributed by atoms with van der Waals surface area (Å²) in [5, 5.41) is 5.34. The predicted molar refractivity (Wildman–Crippen MR) is 114 cm³/mol. The number of amides is 2. The summed E-state index contributed by atoms with van der Waals surface area (Å²) in [7, 11) is 0. The maximum atomic E-state index is 12.1. The third kappa shape index (κ3) is 7.21. The summed E-state index contributed by atoms with van der Waals surface area (Å²) in [6, 6.07) is 14.7. The zero-order valence-corrected chi connectivity index (χ0v) is 17.2. The third-order valence-corrected chi connectivity index (χ3v) is 4.16. The number of carbonyl (C=O) groups is 2. The Hall–Kier alpha value is -2.57. The maximum absolute atomic E-state index is 12.1. The first kappa shape index (κ1) is 23.5. The number of rotatable bonds is 8. The Morgan fingerprint density at radius 1 is 1.11 bits per heavy atom. The summed E-state index contributed by atoms with van der Waals surface area (Å²) in [6.07, 6.45) is 0. The minimum absolute atomic E-state index is 0. The summed E-state index contributed by atoms with van der Waals surface area (Å²) < 4.78 is 5.78. The number of carbonyl (C=O) groups excluding carboxylic acids is 2. The van der Waals surface area contributed by atoms with E-state index in [0.717, 1.165) is 16.9 Å². The first-order chi connectivity index (χ1) is 12.9. The molecule has 0 aliphatic heterocycles. The summed E-state index contributed by atoms with van der Waals surface area (Å²) in [6.45, 7) is 5.96. The number of ether oxygens (including phenoxy) is 1. The molecule has 0 aliphatic carbocycles. The van der Waals surface area contributed by atoms with Crippen LogP contribution in [0.3, 0.4) is 0 Å². The van der Waals surface area contributed by atoms with E-state index in [9.17, 15) is 9.59 Å². The monoisotopic (exact) mass is 405 g/mol. The van der Waals surface area contributed by atoms with Crippen LogP contribution in [0, 0.1) is 12.8 Å². The van der Waals surface area contributed by atoms with Crippen LogP contribution in [0.2, 0.25) is 0 Å². The molecule has 0 spiro atoms. The molecular formula is C21H28ClN3O3. The normalized spacial score (nSPS) is 11.3. The van der Waals surface area contributed by atoms with Crippen molar-refractivity contribution in [1.82, 2.24) is 5.32 Å². The van der Waals surface area contributed by atoms with Crippen molar-refractivity contribution in [3.63, 3.8) is 0 Å². The summed E-state index contributed by atoms with van der Waals surface area (Å²) in [5.74, 6) is 0.103. The van der Waals surface area contributed by atoms with Gasteiger partial charge in [0.05, 0.1) is 12.6 Å². The highest BCUT2D eigenvalue weighted by molar-refractivity contribution is 5.95. The molecule has 2 amide bonds. The van der Waals surface area contributed by atoms with Crippen LogP contribution in [0.4, 0.5) is 5.69 Å². The lowest BCUT2D eigenvalue weighted by Crippen LogP contribution is -2.46. The Labute approximate surface area is 172 Å². The van der Waals surface area contributed by atoms with Gasteiger partial charge < -0.3 is 21.1 Å². The number of nitrogens with one attached hydrogen (secondary N) is 2. The van der Waals surface area contributed by atoms with Gasteiger partial charge in [-0.3, -0.25) is 9.59 Å². The van der Waals surface area contributed by atoms with E-state index in [1.807, 2.05) is 57.2 Å². The maximum Gasteiger partial charge on any atom is 0.243 e. The average molecular weight is 406 g/mol. The zero-order valence-electron chi connectivity index (χ0n) is 16.4. The Bertz CT molecular complexity index is 782. The lowest BCUT2D eigenvalue weighted by Gasteiger charge is -2.15. The van der Waals surface area contributed by atoms with E-state index in [1.165, 1.54) is 0 Å². The van der Waals surface area contributed by atoms with E-state index in [0.29, 0.717) is 12.3 Å². The zero-order chi connectivity index (χ0) is 19.8. The molecule has 2 aromatic rings. The van der Waals surface area contributed by atoms with Gasteiger partial charge in [0.1, 0.15) is 12.4 Å². The number of halogens is 1. The van der Waals surface area contributed by atoms with Gasteiger partial charge >= 0.3 is 0 Å².